The van der Waals surface area contributed by atoms with E-state index >= 15 is 0 Å². The summed E-state index contributed by atoms with van der Waals surface area (Å²) in [5.74, 6) is 3.31. The molecule has 2 N–H and O–H groups in total. The van der Waals surface area contributed by atoms with Crippen molar-refractivity contribution < 1.29 is 0 Å². The molecule has 2 aliphatic carbocycles. The summed E-state index contributed by atoms with van der Waals surface area (Å²) >= 11 is 1.88. The second-order valence-corrected chi connectivity index (χ2v) is 8.84. The van der Waals surface area contributed by atoms with E-state index in [0.717, 1.165) is 36.7 Å². The van der Waals surface area contributed by atoms with Crippen molar-refractivity contribution in [2.45, 2.75) is 38.6 Å². The van der Waals surface area contributed by atoms with Crippen LogP contribution in [0.5, 0.6) is 0 Å². The molecule has 3 nitrogen and oxygen atoms in total. The molecule has 0 saturated heterocycles. The van der Waals surface area contributed by atoms with Gasteiger partial charge in [0.15, 0.2) is 5.96 Å². The lowest BCUT2D eigenvalue weighted by Gasteiger charge is -2.18. The Balaban J connectivity index is 0.00000196. The number of aliphatic imine (C=N–C) groups is 1. The highest BCUT2D eigenvalue weighted by Gasteiger charge is 2.54. The van der Waals surface area contributed by atoms with Gasteiger partial charge in [0, 0.05) is 35.8 Å². The highest BCUT2D eigenvalue weighted by molar-refractivity contribution is 14.0. The van der Waals surface area contributed by atoms with Crippen molar-refractivity contribution in [3.05, 3.63) is 57.3 Å². The van der Waals surface area contributed by atoms with Crippen LogP contribution in [0.25, 0.3) is 0 Å². The van der Waals surface area contributed by atoms with Crippen LogP contribution in [-0.2, 0) is 12.8 Å². The molecule has 0 radical (unpaired) electrons. The molecule has 0 amide bonds. The molecule has 1 aromatic heterocycles. The maximum Gasteiger partial charge on any atom is 0.191 e. The van der Waals surface area contributed by atoms with Gasteiger partial charge in [-0.05, 0) is 61.3 Å². The van der Waals surface area contributed by atoms with Gasteiger partial charge in [0.1, 0.15) is 0 Å². The summed E-state index contributed by atoms with van der Waals surface area (Å²) in [6.45, 7) is 5.41. The van der Waals surface area contributed by atoms with Crippen LogP contribution in [0.4, 0.5) is 0 Å². The molecule has 0 aliphatic heterocycles. The van der Waals surface area contributed by atoms with Crippen molar-refractivity contribution >= 4 is 41.3 Å². The number of halogens is 1. The Morgan fingerprint density at radius 1 is 1.27 bits per heavy atom. The van der Waals surface area contributed by atoms with Crippen LogP contribution in [-0.4, -0.2) is 25.6 Å². The predicted octanol–water partition coefficient (Wildman–Crippen LogP) is 4.36. The van der Waals surface area contributed by atoms with Gasteiger partial charge in [-0.15, -0.1) is 35.3 Å². The lowest BCUT2D eigenvalue weighted by Crippen LogP contribution is -2.43. The molecule has 140 valence electrons. The van der Waals surface area contributed by atoms with E-state index in [1.807, 2.05) is 18.4 Å². The minimum Gasteiger partial charge on any atom is -0.356 e. The number of nitrogens with zero attached hydrogens (tertiary/aromatic N) is 1. The molecular formula is C21H28IN3S. The van der Waals surface area contributed by atoms with Crippen molar-refractivity contribution in [3.8, 4) is 0 Å². The number of fused-ring (bicyclic) bond motifs is 3. The van der Waals surface area contributed by atoms with E-state index in [0.29, 0.717) is 6.04 Å². The second kappa shape index (κ2) is 8.30. The smallest absolute Gasteiger partial charge is 0.191 e. The Bertz CT molecular complexity index is 785. The van der Waals surface area contributed by atoms with Crippen LogP contribution in [0.3, 0.4) is 0 Å². The van der Waals surface area contributed by atoms with Gasteiger partial charge in [0.25, 0.3) is 0 Å². The number of hydrogen-bond acceptors (Lipinski definition) is 2. The first-order valence-corrected chi connectivity index (χ1v) is 10.1. The van der Waals surface area contributed by atoms with E-state index < -0.39 is 0 Å². The Kier molecular flexibility index (Phi) is 6.28. The zero-order chi connectivity index (χ0) is 17.4. The summed E-state index contributed by atoms with van der Waals surface area (Å²) in [6.07, 6.45) is 2.30. The molecule has 2 aromatic rings. The van der Waals surface area contributed by atoms with E-state index in [1.54, 1.807) is 11.1 Å². The van der Waals surface area contributed by atoms with Gasteiger partial charge in [0.05, 0.1) is 0 Å². The number of benzene rings is 1. The fourth-order valence-electron chi connectivity index (χ4n) is 4.35. The van der Waals surface area contributed by atoms with E-state index in [1.165, 1.54) is 16.2 Å². The van der Waals surface area contributed by atoms with Gasteiger partial charge in [0.2, 0.25) is 0 Å². The summed E-state index contributed by atoms with van der Waals surface area (Å²) < 4.78 is 0. The van der Waals surface area contributed by atoms with Crippen LogP contribution in [0.2, 0.25) is 0 Å². The lowest BCUT2D eigenvalue weighted by atomic mass is 10.0. The highest BCUT2D eigenvalue weighted by atomic mass is 127. The monoisotopic (exact) mass is 481 g/mol. The summed E-state index contributed by atoms with van der Waals surface area (Å²) in [7, 11) is 1.86. The standard InChI is InChI=1S/C21H27N3S.HI/c1-13(10-16-9-8-14(2)25-16)24-21(22-3)23-12-19-18-11-15-6-4-5-7-17(15)20(18)19;/h4-9,13,18-20H,10-12H2,1-3H3,(H2,22,23,24);1H. The third-order valence-corrected chi connectivity index (χ3v) is 6.64. The summed E-state index contributed by atoms with van der Waals surface area (Å²) in [4.78, 5) is 7.22. The molecule has 4 atom stereocenters. The summed E-state index contributed by atoms with van der Waals surface area (Å²) in [5.41, 5.74) is 3.15. The fourth-order valence-corrected chi connectivity index (χ4v) is 5.37. The SMILES string of the molecule is CN=C(NCC1C2Cc3ccccc3C12)NC(C)Cc1ccc(C)s1.I. The molecule has 1 aromatic carbocycles. The van der Waals surface area contributed by atoms with E-state index in [-0.39, 0.29) is 24.0 Å². The summed E-state index contributed by atoms with van der Waals surface area (Å²) in [5, 5.41) is 7.09. The molecule has 2 aliphatic rings. The average Bonchev–Trinajstić information content (AvgIpc) is 2.91. The molecule has 5 heteroatoms. The number of guanidine groups is 1. The molecule has 0 spiro atoms. The molecule has 0 bridgehead atoms. The Labute approximate surface area is 177 Å². The number of nitrogens with one attached hydrogen (secondary N) is 2. The van der Waals surface area contributed by atoms with Crippen LogP contribution < -0.4 is 10.6 Å². The molecule has 4 rings (SSSR count). The minimum absolute atomic E-state index is 0. The zero-order valence-electron chi connectivity index (χ0n) is 15.7. The first-order valence-electron chi connectivity index (χ1n) is 9.26. The van der Waals surface area contributed by atoms with Crippen molar-refractivity contribution in [1.82, 2.24) is 10.6 Å². The third-order valence-electron chi connectivity index (χ3n) is 5.62. The molecule has 26 heavy (non-hydrogen) atoms. The Hall–Kier alpha value is -1.08. The third kappa shape index (κ3) is 4.09. The topological polar surface area (TPSA) is 36.4 Å². The van der Waals surface area contributed by atoms with Crippen molar-refractivity contribution in [1.29, 1.82) is 0 Å². The predicted molar refractivity (Wildman–Crippen MR) is 122 cm³/mol. The first kappa shape index (κ1) is 19.7. The van der Waals surface area contributed by atoms with Gasteiger partial charge < -0.3 is 10.6 Å². The fraction of sp³-hybridized carbons (Fsp3) is 0.476. The number of hydrogen-bond donors (Lipinski definition) is 2. The Morgan fingerprint density at radius 2 is 2.08 bits per heavy atom. The largest absolute Gasteiger partial charge is 0.356 e. The van der Waals surface area contributed by atoms with Crippen molar-refractivity contribution in [2.75, 3.05) is 13.6 Å². The average molecular weight is 481 g/mol. The lowest BCUT2D eigenvalue weighted by molar-refractivity contribution is 0.618. The van der Waals surface area contributed by atoms with E-state index in [4.69, 9.17) is 0 Å². The summed E-state index contributed by atoms with van der Waals surface area (Å²) in [6, 6.07) is 13.8. The highest BCUT2D eigenvalue weighted by Crippen LogP contribution is 2.60. The normalized spacial score (nSPS) is 24.3. The molecule has 1 fully saturated rings. The number of thiophene rings is 1. The number of aryl methyl sites for hydroxylation is 1. The van der Waals surface area contributed by atoms with Gasteiger partial charge in [-0.2, -0.15) is 0 Å². The van der Waals surface area contributed by atoms with Gasteiger partial charge >= 0.3 is 0 Å². The van der Waals surface area contributed by atoms with Gasteiger partial charge in [-0.25, -0.2) is 0 Å². The van der Waals surface area contributed by atoms with Gasteiger partial charge in [-0.1, -0.05) is 24.3 Å². The van der Waals surface area contributed by atoms with Crippen LogP contribution in [0.15, 0.2) is 41.4 Å². The first-order chi connectivity index (χ1) is 12.2. The van der Waals surface area contributed by atoms with Crippen LogP contribution in [0.1, 0.15) is 33.7 Å². The maximum atomic E-state index is 4.41. The molecule has 4 unspecified atom stereocenters. The molecule has 1 saturated carbocycles. The zero-order valence-corrected chi connectivity index (χ0v) is 18.8. The van der Waals surface area contributed by atoms with E-state index in [2.05, 4.69) is 65.9 Å². The Morgan fingerprint density at radius 3 is 2.81 bits per heavy atom. The molecule has 1 heterocycles. The van der Waals surface area contributed by atoms with Crippen molar-refractivity contribution in [2.24, 2.45) is 16.8 Å². The second-order valence-electron chi connectivity index (χ2n) is 7.47. The number of rotatable bonds is 5. The molecular weight excluding hydrogens is 453 g/mol. The van der Waals surface area contributed by atoms with Crippen molar-refractivity contribution in [3.63, 3.8) is 0 Å². The minimum atomic E-state index is 0. The maximum absolute atomic E-state index is 4.41. The van der Waals surface area contributed by atoms with Crippen LogP contribution in [0, 0.1) is 18.8 Å². The van der Waals surface area contributed by atoms with Crippen LogP contribution >= 0.6 is 35.3 Å². The van der Waals surface area contributed by atoms with Gasteiger partial charge in [-0.3, -0.25) is 4.99 Å². The quantitative estimate of drug-likeness (QED) is 0.379. The van der Waals surface area contributed by atoms with E-state index in [9.17, 15) is 0 Å².